The minimum absolute atomic E-state index is 0.164. The largest absolute Gasteiger partial charge is 0.480 e. The zero-order chi connectivity index (χ0) is 14.7. The SMILES string of the molecule is CCC(C(=O)O)N(C)Cc1cc(=O)n2ccccc2n1. The number of carbonyl (C=O) groups is 1. The van der Waals surface area contributed by atoms with Crippen LogP contribution in [0, 0.1) is 0 Å². The quantitative estimate of drug-likeness (QED) is 0.880. The lowest BCUT2D eigenvalue weighted by Gasteiger charge is -2.22. The molecule has 106 valence electrons. The first-order valence-electron chi connectivity index (χ1n) is 6.43. The monoisotopic (exact) mass is 275 g/mol. The average Bonchev–Trinajstić information content (AvgIpc) is 2.39. The molecule has 0 fully saturated rings. The van der Waals surface area contributed by atoms with Gasteiger partial charge in [0.05, 0.1) is 5.69 Å². The van der Waals surface area contributed by atoms with Gasteiger partial charge in [0.15, 0.2) is 0 Å². The van der Waals surface area contributed by atoms with E-state index in [4.69, 9.17) is 5.11 Å². The highest BCUT2D eigenvalue weighted by Crippen LogP contribution is 2.07. The molecule has 6 heteroatoms. The summed E-state index contributed by atoms with van der Waals surface area (Å²) in [6.07, 6.45) is 2.16. The van der Waals surface area contributed by atoms with Crippen molar-refractivity contribution in [2.24, 2.45) is 0 Å². The van der Waals surface area contributed by atoms with Crippen LogP contribution >= 0.6 is 0 Å². The molecule has 0 aliphatic rings. The van der Waals surface area contributed by atoms with Gasteiger partial charge in [0, 0.05) is 18.8 Å². The van der Waals surface area contributed by atoms with Crippen molar-refractivity contribution in [2.45, 2.75) is 25.9 Å². The summed E-state index contributed by atoms with van der Waals surface area (Å²) in [4.78, 5) is 29.1. The van der Waals surface area contributed by atoms with Gasteiger partial charge in [-0.25, -0.2) is 4.98 Å². The molecule has 6 nitrogen and oxygen atoms in total. The number of aromatic nitrogens is 2. The number of aliphatic carboxylic acids is 1. The van der Waals surface area contributed by atoms with E-state index >= 15 is 0 Å². The van der Waals surface area contributed by atoms with E-state index in [1.165, 1.54) is 10.5 Å². The summed E-state index contributed by atoms with van der Waals surface area (Å²) >= 11 is 0. The van der Waals surface area contributed by atoms with Crippen LogP contribution < -0.4 is 5.56 Å². The summed E-state index contributed by atoms with van der Waals surface area (Å²) in [6.45, 7) is 2.14. The van der Waals surface area contributed by atoms with Crippen LogP contribution in [0.3, 0.4) is 0 Å². The van der Waals surface area contributed by atoms with E-state index in [0.717, 1.165) is 0 Å². The van der Waals surface area contributed by atoms with Gasteiger partial charge < -0.3 is 5.11 Å². The van der Waals surface area contributed by atoms with Crippen LogP contribution in [-0.2, 0) is 11.3 Å². The van der Waals surface area contributed by atoms with Crippen LogP contribution in [0.5, 0.6) is 0 Å². The predicted octanol–water partition coefficient (Wildman–Crippen LogP) is 0.989. The van der Waals surface area contributed by atoms with Gasteiger partial charge in [-0.2, -0.15) is 0 Å². The smallest absolute Gasteiger partial charge is 0.320 e. The van der Waals surface area contributed by atoms with E-state index < -0.39 is 12.0 Å². The fourth-order valence-corrected chi connectivity index (χ4v) is 2.22. The van der Waals surface area contributed by atoms with Crippen LogP contribution in [0.25, 0.3) is 5.65 Å². The normalized spacial score (nSPS) is 12.8. The van der Waals surface area contributed by atoms with Gasteiger partial charge >= 0.3 is 5.97 Å². The first kappa shape index (κ1) is 14.2. The van der Waals surface area contributed by atoms with Gasteiger partial charge in [0.25, 0.3) is 5.56 Å². The average molecular weight is 275 g/mol. The third-order valence-corrected chi connectivity index (χ3v) is 3.24. The number of carboxylic acid groups (broad SMARTS) is 1. The Kier molecular flexibility index (Phi) is 4.14. The lowest BCUT2D eigenvalue weighted by atomic mass is 10.2. The van der Waals surface area contributed by atoms with E-state index in [1.807, 2.05) is 6.92 Å². The summed E-state index contributed by atoms with van der Waals surface area (Å²) in [5.41, 5.74) is 0.970. The van der Waals surface area contributed by atoms with Crippen molar-refractivity contribution in [1.29, 1.82) is 0 Å². The van der Waals surface area contributed by atoms with Crippen LogP contribution in [0.1, 0.15) is 19.0 Å². The Bertz CT molecular complexity index is 681. The van der Waals surface area contributed by atoms with Crippen molar-refractivity contribution in [3.63, 3.8) is 0 Å². The van der Waals surface area contributed by atoms with Gasteiger partial charge in [-0.15, -0.1) is 0 Å². The van der Waals surface area contributed by atoms with Gasteiger partial charge in [0.1, 0.15) is 11.7 Å². The van der Waals surface area contributed by atoms with E-state index in [1.54, 1.807) is 36.3 Å². The highest BCUT2D eigenvalue weighted by atomic mass is 16.4. The first-order chi connectivity index (χ1) is 9.52. The van der Waals surface area contributed by atoms with Gasteiger partial charge in [-0.1, -0.05) is 13.0 Å². The van der Waals surface area contributed by atoms with Crippen molar-refractivity contribution in [2.75, 3.05) is 7.05 Å². The van der Waals surface area contributed by atoms with Crippen molar-refractivity contribution in [3.05, 3.63) is 46.5 Å². The molecule has 0 radical (unpaired) electrons. The summed E-state index contributed by atoms with van der Waals surface area (Å²) < 4.78 is 1.46. The molecule has 0 aromatic carbocycles. The summed E-state index contributed by atoms with van der Waals surface area (Å²) in [5.74, 6) is -0.868. The minimum atomic E-state index is -0.868. The Morgan fingerprint density at radius 3 is 2.90 bits per heavy atom. The predicted molar refractivity (Wildman–Crippen MR) is 74.6 cm³/mol. The maximum Gasteiger partial charge on any atom is 0.320 e. The second-order valence-corrected chi connectivity index (χ2v) is 4.69. The second-order valence-electron chi connectivity index (χ2n) is 4.69. The van der Waals surface area contributed by atoms with E-state index in [0.29, 0.717) is 24.3 Å². The Hall–Kier alpha value is -2.21. The number of rotatable bonds is 5. The molecule has 0 saturated carbocycles. The molecule has 20 heavy (non-hydrogen) atoms. The van der Waals surface area contributed by atoms with Gasteiger partial charge in [0.2, 0.25) is 0 Å². The fraction of sp³-hybridized carbons (Fsp3) is 0.357. The first-order valence-corrected chi connectivity index (χ1v) is 6.43. The Labute approximate surface area is 116 Å². The molecule has 1 unspecified atom stereocenters. The number of nitrogens with zero attached hydrogens (tertiary/aromatic N) is 3. The lowest BCUT2D eigenvalue weighted by Crippen LogP contribution is -2.37. The van der Waals surface area contributed by atoms with E-state index in [-0.39, 0.29) is 5.56 Å². The number of fused-ring (bicyclic) bond motifs is 1. The van der Waals surface area contributed by atoms with Crippen molar-refractivity contribution in [3.8, 4) is 0 Å². The second kappa shape index (κ2) is 5.83. The molecule has 0 saturated heterocycles. The number of hydrogen-bond donors (Lipinski definition) is 1. The maximum atomic E-state index is 11.9. The molecular weight excluding hydrogens is 258 g/mol. The Balaban J connectivity index is 2.30. The Morgan fingerprint density at radius 1 is 1.50 bits per heavy atom. The third kappa shape index (κ3) is 2.85. The molecule has 0 bridgehead atoms. The number of hydrogen-bond acceptors (Lipinski definition) is 4. The molecule has 2 aromatic heterocycles. The Morgan fingerprint density at radius 2 is 2.25 bits per heavy atom. The molecule has 2 aromatic rings. The van der Waals surface area contributed by atoms with Crippen LogP contribution in [0.4, 0.5) is 0 Å². The molecule has 2 heterocycles. The third-order valence-electron chi connectivity index (χ3n) is 3.24. The van der Waals surface area contributed by atoms with Crippen LogP contribution in [0.15, 0.2) is 35.3 Å². The van der Waals surface area contributed by atoms with Crippen molar-refractivity contribution >= 4 is 11.6 Å². The van der Waals surface area contributed by atoms with Crippen molar-refractivity contribution < 1.29 is 9.90 Å². The summed E-state index contributed by atoms with van der Waals surface area (Å²) in [5, 5.41) is 9.12. The molecule has 1 atom stereocenters. The van der Waals surface area contributed by atoms with Gasteiger partial charge in [-0.3, -0.25) is 18.9 Å². The molecular formula is C14H17N3O3. The standard InChI is InChI=1S/C14H17N3O3/c1-3-11(14(19)20)16(2)9-10-8-13(18)17-7-5-4-6-12(17)15-10/h4-8,11H,3,9H2,1-2H3,(H,19,20). The van der Waals surface area contributed by atoms with Crippen LogP contribution in [0.2, 0.25) is 0 Å². The molecule has 1 N–H and O–H groups in total. The van der Waals surface area contributed by atoms with Crippen molar-refractivity contribution in [1.82, 2.24) is 14.3 Å². The lowest BCUT2D eigenvalue weighted by molar-refractivity contribution is -0.143. The fourth-order valence-electron chi connectivity index (χ4n) is 2.22. The van der Waals surface area contributed by atoms with E-state index in [9.17, 15) is 9.59 Å². The minimum Gasteiger partial charge on any atom is -0.480 e. The van der Waals surface area contributed by atoms with E-state index in [2.05, 4.69) is 4.98 Å². The highest BCUT2D eigenvalue weighted by Gasteiger charge is 2.20. The topological polar surface area (TPSA) is 74.9 Å². The molecule has 0 spiro atoms. The van der Waals surface area contributed by atoms with Gasteiger partial charge in [-0.05, 0) is 25.6 Å². The molecule has 2 rings (SSSR count). The number of likely N-dealkylation sites (N-methyl/N-ethyl adjacent to an activating group) is 1. The number of carboxylic acids is 1. The zero-order valence-electron chi connectivity index (χ0n) is 11.5. The molecule has 0 aliphatic carbocycles. The zero-order valence-corrected chi connectivity index (χ0v) is 11.5. The summed E-state index contributed by atoms with van der Waals surface area (Å²) in [7, 11) is 1.72. The highest BCUT2D eigenvalue weighted by molar-refractivity contribution is 5.73. The molecule has 0 amide bonds. The maximum absolute atomic E-state index is 11.9. The molecule has 0 aliphatic heterocycles. The summed E-state index contributed by atoms with van der Waals surface area (Å²) in [6, 6.07) is 6.18. The number of pyridine rings is 1. The van der Waals surface area contributed by atoms with Crippen LogP contribution in [-0.4, -0.2) is 38.4 Å².